The number of benzene rings is 2. The van der Waals surface area contributed by atoms with Crippen molar-refractivity contribution in [3.63, 3.8) is 0 Å². The molecule has 1 fully saturated rings. The predicted octanol–water partition coefficient (Wildman–Crippen LogP) is 3.16. The molecule has 0 bridgehead atoms. The number of hydrazine groups is 1. The van der Waals surface area contributed by atoms with Gasteiger partial charge in [-0.25, -0.2) is 5.43 Å². The van der Waals surface area contributed by atoms with Crippen LogP contribution in [0.25, 0.3) is 11.1 Å². The third-order valence-corrected chi connectivity index (χ3v) is 4.11. The molecule has 0 radical (unpaired) electrons. The number of nitrogens with one attached hydrogen (secondary N) is 1. The van der Waals surface area contributed by atoms with Gasteiger partial charge < -0.3 is 4.74 Å². The third kappa shape index (κ3) is 3.91. The second kappa shape index (κ2) is 7.90. The van der Waals surface area contributed by atoms with E-state index < -0.39 is 0 Å². The average Bonchev–Trinajstić information content (AvgIpc) is 2.96. The quantitative estimate of drug-likeness (QED) is 0.709. The number of nitrogens with zero attached hydrogens (tertiary/aromatic N) is 1. The lowest BCUT2D eigenvalue weighted by molar-refractivity contribution is -0.139. The summed E-state index contributed by atoms with van der Waals surface area (Å²) < 4.78 is 5.40. The van der Waals surface area contributed by atoms with Crippen LogP contribution >= 0.6 is 0 Å². The van der Waals surface area contributed by atoms with E-state index in [2.05, 4.69) is 36.3 Å². The predicted molar refractivity (Wildman–Crippen MR) is 95.0 cm³/mol. The summed E-state index contributed by atoms with van der Waals surface area (Å²) in [7, 11) is 0. The van der Waals surface area contributed by atoms with Crippen molar-refractivity contribution < 1.29 is 9.53 Å². The lowest BCUT2D eigenvalue weighted by Crippen LogP contribution is -2.41. The molecule has 0 aromatic heterocycles. The number of rotatable bonds is 6. The summed E-state index contributed by atoms with van der Waals surface area (Å²) in [4.78, 5) is 11.9. The van der Waals surface area contributed by atoms with Crippen molar-refractivity contribution in [2.24, 2.45) is 0 Å². The number of amides is 1. The lowest BCUT2D eigenvalue weighted by atomic mass is 9.95. The largest absolute Gasteiger partial charge is 0.364 e. The molecule has 0 spiro atoms. The van der Waals surface area contributed by atoms with E-state index in [1.54, 1.807) is 11.1 Å². The van der Waals surface area contributed by atoms with Gasteiger partial charge in [0.05, 0.1) is 6.61 Å². The maximum absolute atomic E-state index is 11.9. The molecule has 1 atom stereocenters. The Morgan fingerprint density at radius 3 is 2.33 bits per heavy atom. The first-order valence-corrected chi connectivity index (χ1v) is 8.19. The highest BCUT2D eigenvalue weighted by Crippen LogP contribution is 2.29. The molecule has 1 heterocycles. The number of ether oxygens (including phenoxy) is 1. The molecular formula is C20H22N2O2. The summed E-state index contributed by atoms with van der Waals surface area (Å²) in [6.07, 6.45) is 2.06. The molecule has 1 amide bonds. The minimum absolute atomic E-state index is 0.00720. The molecule has 4 heteroatoms. The fourth-order valence-electron chi connectivity index (χ4n) is 2.59. The van der Waals surface area contributed by atoms with Gasteiger partial charge in [-0.15, -0.1) is 6.58 Å². The van der Waals surface area contributed by atoms with Crippen LogP contribution in [0.2, 0.25) is 0 Å². The van der Waals surface area contributed by atoms with Crippen LogP contribution in [0.5, 0.6) is 0 Å². The topological polar surface area (TPSA) is 41.6 Å². The minimum Gasteiger partial charge on any atom is -0.364 e. The highest BCUT2D eigenvalue weighted by atomic mass is 16.5. The van der Waals surface area contributed by atoms with E-state index in [1.165, 1.54) is 11.1 Å². The van der Waals surface area contributed by atoms with Gasteiger partial charge in [-0.05, 0) is 16.7 Å². The normalized spacial score (nSPS) is 17.2. The Morgan fingerprint density at radius 2 is 1.79 bits per heavy atom. The molecule has 24 heavy (non-hydrogen) atoms. The molecule has 1 aliphatic heterocycles. The highest BCUT2D eigenvalue weighted by Gasteiger charge is 2.31. The zero-order valence-corrected chi connectivity index (χ0v) is 13.7. The van der Waals surface area contributed by atoms with Crippen molar-refractivity contribution in [2.45, 2.75) is 19.1 Å². The summed E-state index contributed by atoms with van der Waals surface area (Å²) in [5.41, 5.74) is 7.14. The fraction of sp³-hybridized carbons (Fsp3) is 0.250. The monoisotopic (exact) mass is 322 g/mol. The molecule has 1 saturated heterocycles. The van der Waals surface area contributed by atoms with Gasteiger partial charge in [-0.1, -0.05) is 60.7 Å². The second-order valence-electron chi connectivity index (χ2n) is 5.79. The Kier molecular flexibility index (Phi) is 5.41. The van der Waals surface area contributed by atoms with Crippen LogP contribution in [-0.2, 0) is 16.1 Å². The van der Waals surface area contributed by atoms with E-state index in [0.29, 0.717) is 19.7 Å². The van der Waals surface area contributed by atoms with Crippen LogP contribution in [0.3, 0.4) is 0 Å². The number of hydrogen-bond acceptors (Lipinski definition) is 3. The SMILES string of the molecule is C=CCOC1CCN(NCc2ccccc2)C1=O.c1cc2ccc1-2. The van der Waals surface area contributed by atoms with Crippen molar-refractivity contribution in [3.05, 3.63) is 72.8 Å². The van der Waals surface area contributed by atoms with Gasteiger partial charge in [-0.2, -0.15) is 0 Å². The maximum Gasteiger partial charge on any atom is 0.265 e. The zero-order chi connectivity index (χ0) is 16.8. The molecule has 3 aliphatic rings. The van der Waals surface area contributed by atoms with Gasteiger partial charge in [-0.3, -0.25) is 9.80 Å². The third-order valence-electron chi connectivity index (χ3n) is 4.11. The van der Waals surface area contributed by atoms with Crippen molar-refractivity contribution >= 4 is 5.91 Å². The summed E-state index contributed by atoms with van der Waals surface area (Å²) in [6, 6.07) is 18.5. The van der Waals surface area contributed by atoms with E-state index in [-0.39, 0.29) is 12.0 Å². The van der Waals surface area contributed by atoms with Crippen LogP contribution in [0.1, 0.15) is 12.0 Å². The molecule has 1 aromatic carbocycles. The maximum atomic E-state index is 11.9. The highest BCUT2D eigenvalue weighted by molar-refractivity contribution is 5.82. The van der Waals surface area contributed by atoms with E-state index in [1.807, 2.05) is 30.3 Å². The Hall–Kier alpha value is -2.43. The molecule has 1 N–H and O–H groups in total. The van der Waals surface area contributed by atoms with Crippen LogP contribution in [0.15, 0.2) is 67.3 Å². The summed E-state index contributed by atoms with van der Waals surface area (Å²) in [5, 5.41) is 1.64. The molecule has 1 aromatic rings. The zero-order valence-electron chi connectivity index (χ0n) is 13.7. The summed E-state index contributed by atoms with van der Waals surface area (Å²) in [5.74, 6) is 0.00720. The first-order valence-electron chi connectivity index (χ1n) is 8.19. The molecule has 4 nitrogen and oxygen atoms in total. The summed E-state index contributed by atoms with van der Waals surface area (Å²) >= 11 is 0. The van der Waals surface area contributed by atoms with Crippen molar-refractivity contribution in [1.29, 1.82) is 0 Å². The van der Waals surface area contributed by atoms with Crippen molar-refractivity contribution in [2.75, 3.05) is 13.2 Å². The van der Waals surface area contributed by atoms with Crippen LogP contribution in [0.4, 0.5) is 0 Å². The standard InChI is InChI=1S/C14H18N2O2.C6H4/c1-2-10-18-13-8-9-16(14(13)17)15-11-12-6-4-3-5-7-12;1-2-6-4-3-5(1)6/h2-7,13,15H,1,8-11H2;1-4H. The second-order valence-corrected chi connectivity index (χ2v) is 5.79. The molecule has 2 aliphatic carbocycles. The average molecular weight is 322 g/mol. The Bertz CT molecular complexity index is 662. The molecular weight excluding hydrogens is 300 g/mol. The van der Waals surface area contributed by atoms with Gasteiger partial charge in [0.25, 0.3) is 5.91 Å². The lowest BCUT2D eigenvalue weighted by Gasteiger charge is -2.17. The van der Waals surface area contributed by atoms with Gasteiger partial charge in [0.2, 0.25) is 0 Å². The molecule has 0 saturated carbocycles. The minimum atomic E-state index is -0.328. The van der Waals surface area contributed by atoms with Crippen LogP contribution in [-0.4, -0.2) is 30.2 Å². The number of carbonyl (C=O) groups excluding carboxylic acids is 1. The number of carbonyl (C=O) groups is 1. The van der Waals surface area contributed by atoms with Crippen molar-refractivity contribution in [1.82, 2.24) is 10.4 Å². The number of fused-ring (bicyclic) bond motifs is 1. The van der Waals surface area contributed by atoms with Crippen LogP contribution < -0.4 is 5.43 Å². The van der Waals surface area contributed by atoms with E-state index in [0.717, 1.165) is 12.0 Å². The Balaban J connectivity index is 0.000000231. The first-order chi connectivity index (χ1) is 11.8. The van der Waals surface area contributed by atoms with Gasteiger partial charge in [0, 0.05) is 19.5 Å². The smallest absolute Gasteiger partial charge is 0.265 e. The van der Waals surface area contributed by atoms with E-state index in [9.17, 15) is 4.79 Å². The molecule has 4 rings (SSSR count). The number of hydrogen-bond donors (Lipinski definition) is 1. The fourth-order valence-corrected chi connectivity index (χ4v) is 2.59. The molecule has 124 valence electrons. The Labute approximate surface area is 142 Å². The van der Waals surface area contributed by atoms with Gasteiger partial charge >= 0.3 is 0 Å². The van der Waals surface area contributed by atoms with Crippen molar-refractivity contribution in [3.8, 4) is 11.1 Å². The van der Waals surface area contributed by atoms with Gasteiger partial charge in [0.15, 0.2) is 0 Å². The van der Waals surface area contributed by atoms with E-state index in [4.69, 9.17) is 4.74 Å². The van der Waals surface area contributed by atoms with Crippen LogP contribution in [0, 0.1) is 0 Å². The summed E-state index contributed by atoms with van der Waals surface area (Å²) in [6.45, 7) is 5.34. The molecule has 1 unspecified atom stereocenters. The Morgan fingerprint density at radius 1 is 1.12 bits per heavy atom. The first kappa shape index (κ1) is 16.4. The van der Waals surface area contributed by atoms with E-state index >= 15 is 0 Å². The van der Waals surface area contributed by atoms with Gasteiger partial charge in [0.1, 0.15) is 6.10 Å².